The van der Waals surface area contributed by atoms with E-state index in [-0.39, 0.29) is 5.41 Å². The van der Waals surface area contributed by atoms with Crippen molar-refractivity contribution in [1.82, 2.24) is 0 Å². The maximum atomic E-state index is 6.87. The fourth-order valence-corrected chi connectivity index (χ4v) is 8.19. The Hall–Kier alpha value is -0.760. The third-order valence-electron chi connectivity index (χ3n) is 10.7. The van der Waals surface area contributed by atoms with Crippen molar-refractivity contribution in [3.05, 3.63) is 23.2 Å². The molecule has 2 heterocycles. The Bertz CT molecular complexity index is 733. The molecule has 4 aliphatic rings. The van der Waals surface area contributed by atoms with Gasteiger partial charge in [-0.3, -0.25) is 0 Å². The predicted octanol–water partition coefficient (Wildman–Crippen LogP) is 8.67. The number of fused-ring (bicyclic) bond motifs is 5. The second-order valence-corrected chi connectivity index (χ2v) is 12.6. The van der Waals surface area contributed by atoms with Gasteiger partial charge in [-0.1, -0.05) is 54.4 Å². The highest BCUT2D eigenvalue weighted by Gasteiger charge is 2.51. The number of methoxy groups -OCH3 is 1. The lowest BCUT2D eigenvalue weighted by atomic mass is 9.62. The number of hydrogen-bond acceptors (Lipinski definition) is 2. The van der Waals surface area contributed by atoms with Crippen LogP contribution < -0.4 is 0 Å². The lowest BCUT2D eigenvalue weighted by Gasteiger charge is -2.43. The summed E-state index contributed by atoms with van der Waals surface area (Å²) < 4.78 is 12.6. The average molecular weight is 443 g/mol. The van der Waals surface area contributed by atoms with Crippen LogP contribution in [0.4, 0.5) is 0 Å². The normalized spacial score (nSPS) is 38.9. The van der Waals surface area contributed by atoms with Crippen molar-refractivity contribution in [2.45, 2.75) is 118 Å². The molecule has 0 aromatic heterocycles. The van der Waals surface area contributed by atoms with Crippen LogP contribution in [-0.2, 0) is 9.47 Å². The maximum Gasteiger partial charge on any atom is 0.106 e. The molecule has 2 aliphatic carbocycles. The summed E-state index contributed by atoms with van der Waals surface area (Å²) in [5, 5.41) is 0. The van der Waals surface area contributed by atoms with Crippen LogP contribution in [0, 0.1) is 40.4 Å². The van der Waals surface area contributed by atoms with Crippen LogP contribution in [-0.4, -0.2) is 13.2 Å². The number of rotatable bonds is 7. The SMILES string of the molecule is CC[C@@H](CCC(C)C1CCC2=C3CCC4C[C@@H](OC)CC[C@]4(C)C(=CC[C@@]21C)O3)C(C)C. The van der Waals surface area contributed by atoms with E-state index in [2.05, 4.69) is 47.6 Å². The van der Waals surface area contributed by atoms with Gasteiger partial charge in [0.2, 0.25) is 0 Å². The summed E-state index contributed by atoms with van der Waals surface area (Å²) in [6.45, 7) is 14.8. The van der Waals surface area contributed by atoms with Crippen LogP contribution in [0.5, 0.6) is 0 Å². The first kappa shape index (κ1) is 24.4. The quantitative estimate of drug-likeness (QED) is 0.392. The molecule has 0 aromatic carbocycles. The van der Waals surface area contributed by atoms with Crippen LogP contribution in [0.3, 0.4) is 0 Å². The van der Waals surface area contributed by atoms with Gasteiger partial charge in [-0.05, 0) is 98.0 Å². The van der Waals surface area contributed by atoms with Crippen molar-refractivity contribution in [3.63, 3.8) is 0 Å². The molecule has 3 unspecified atom stereocenters. The molecule has 7 atom stereocenters. The van der Waals surface area contributed by atoms with Gasteiger partial charge in [0.05, 0.1) is 6.10 Å². The van der Waals surface area contributed by atoms with Gasteiger partial charge in [-0.25, -0.2) is 0 Å². The van der Waals surface area contributed by atoms with Gasteiger partial charge in [0.15, 0.2) is 0 Å². The summed E-state index contributed by atoms with van der Waals surface area (Å²) >= 11 is 0. The smallest absolute Gasteiger partial charge is 0.106 e. The highest BCUT2D eigenvalue weighted by atomic mass is 16.5. The van der Waals surface area contributed by atoms with Crippen molar-refractivity contribution in [2.75, 3.05) is 7.11 Å². The molecule has 0 amide bonds. The van der Waals surface area contributed by atoms with Crippen LogP contribution in [0.15, 0.2) is 23.2 Å². The summed E-state index contributed by atoms with van der Waals surface area (Å²) in [6, 6.07) is 0. The molecule has 4 rings (SSSR count). The van der Waals surface area contributed by atoms with Crippen molar-refractivity contribution < 1.29 is 9.47 Å². The third-order valence-corrected chi connectivity index (χ3v) is 10.7. The molecule has 32 heavy (non-hydrogen) atoms. The Balaban J connectivity index is 1.55. The van der Waals surface area contributed by atoms with Crippen LogP contribution in [0.1, 0.15) is 112 Å². The van der Waals surface area contributed by atoms with E-state index in [1.807, 2.05) is 7.11 Å². The van der Waals surface area contributed by atoms with Gasteiger partial charge in [0.1, 0.15) is 11.5 Å². The summed E-state index contributed by atoms with van der Waals surface area (Å²) in [5.74, 6) is 6.64. The average Bonchev–Trinajstić information content (AvgIpc) is 2.94. The van der Waals surface area contributed by atoms with E-state index in [0.717, 1.165) is 30.1 Å². The fraction of sp³-hybridized carbons (Fsp3) is 0.867. The molecule has 3 fully saturated rings. The summed E-state index contributed by atoms with van der Waals surface area (Å²) in [7, 11) is 1.89. The second-order valence-electron chi connectivity index (χ2n) is 12.6. The first-order chi connectivity index (χ1) is 15.2. The molecular weight excluding hydrogens is 392 g/mol. The van der Waals surface area contributed by atoms with Gasteiger partial charge in [-0.15, -0.1) is 0 Å². The molecule has 0 spiro atoms. The van der Waals surface area contributed by atoms with E-state index in [1.54, 1.807) is 5.57 Å². The zero-order valence-corrected chi connectivity index (χ0v) is 22.1. The molecule has 0 N–H and O–H groups in total. The van der Waals surface area contributed by atoms with E-state index in [9.17, 15) is 0 Å². The Kier molecular flexibility index (Phi) is 7.21. The van der Waals surface area contributed by atoms with E-state index in [4.69, 9.17) is 9.47 Å². The van der Waals surface area contributed by atoms with Gasteiger partial charge < -0.3 is 9.47 Å². The van der Waals surface area contributed by atoms with Crippen molar-refractivity contribution in [3.8, 4) is 0 Å². The Morgan fingerprint density at radius 1 is 1.06 bits per heavy atom. The van der Waals surface area contributed by atoms with Gasteiger partial charge in [0.25, 0.3) is 0 Å². The minimum Gasteiger partial charge on any atom is -0.466 e. The molecule has 182 valence electrons. The lowest BCUT2D eigenvalue weighted by molar-refractivity contribution is -0.00603. The monoisotopic (exact) mass is 442 g/mol. The highest BCUT2D eigenvalue weighted by Crippen LogP contribution is 2.60. The summed E-state index contributed by atoms with van der Waals surface area (Å²) in [6.07, 6.45) is 16.8. The molecule has 2 aliphatic heterocycles. The predicted molar refractivity (Wildman–Crippen MR) is 134 cm³/mol. The van der Waals surface area contributed by atoms with Crippen LogP contribution in [0.2, 0.25) is 0 Å². The highest BCUT2D eigenvalue weighted by molar-refractivity contribution is 5.32. The molecule has 0 aromatic rings. The Morgan fingerprint density at radius 3 is 2.53 bits per heavy atom. The maximum absolute atomic E-state index is 6.87. The van der Waals surface area contributed by atoms with Crippen molar-refractivity contribution >= 4 is 0 Å². The largest absolute Gasteiger partial charge is 0.466 e. The Labute approximate surface area is 198 Å². The second kappa shape index (κ2) is 9.47. The lowest BCUT2D eigenvalue weighted by Crippen LogP contribution is -2.38. The number of allylic oxidation sites excluding steroid dienone is 4. The van der Waals surface area contributed by atoms with E-state index >= 15 is 0 Å². The summed E-state index contributed by atoms with van der Waals surface area (Å²) in [5.41, 5.74) is 2.17. The van der Waals surface area contributed by atoms with Gasteiger partial charge >= 0.3 is 0 Å². The molecular formula is C30H50O2. The van der Waals surface area contributed by atoms with Gasteiger partial charge in [-0.2, -0.15) is 0 Å². The number of ether oxygens (including phenoxy) is 2. The first-order valence-corrected chi connectivity index (χ1v) is 13.9. The van der Waals surface area contributed by atoms with Crippen molar-refractivity contribution in [2.24, 2.45) is 40.4 Å². The molecule has 0 radical (unpaired) electrons. The van der Waals surface area contributed by atoms with Crippen molar-refractivity contribution in [1.29, 1.82) is 0 Å². The van der Waals surface area contributed by atoms with Gasteiger partial charge in [0, 0.05) is 18.9 Å². The topological polar surface area (TPSA) is 18.5 Å². The molecule has 2 nitrogen and oxygen atoms in total. The fourth-order valence-electron chi connectivity index (χ4n) is 8.19. The Morgan fingerprint density at radius 2 is 1.84 bits per heavy atom. The number of hydrogen-bond donors (Lipinski definition) is 0. The first-order valence-electron chi connectivity index (χ1n) is 13.9. The van der Waals surface area contributed by atoms with Crippen LogP contribution in [0.25, 0.3) is 0 Å². The zero-order chi connectivity index (χ0) is 23.1. The standard InChI is InChI=1S/C30H50O2/c1-8-22(20(2)3)10-9-21(4)25-12-13-26-27-14-11-23-19-24(31-7)15-17-29(23,5)28(32-27)16-18-30(25,26)6/h16,20-25H,8-15,17-19H2,1-7H3/t21?,22-,23?,24-,25?,29-,30+/m0/s1. The molecule has 2 heteroatoms. The zero-order valence-electron chi connectivity index (χ0n) is 22.1. The minimum absolute atomic E-state index is 0.194. The minimum atomic E-state index is 0.194. The van der Waals surface area contributed by atoms with Crippen LogP contribution >= 0.6 is 0 Å². The van der Waals surface area contributed by atoms with E-state index in [1.165, 1.54) is 75.7 Å². The molecule has 2 bridgehead atoms. The summed E-state index contributed by atoms with van der Waals surface area (Å²) in [4.78, 5) is 0. The third kappa shape index (κ3) is 4.23. The molecule has 1 saturated heterocycles. The molecule has 2 saturated carbocycles. The van der Waals surface area contributed by atoms with E-state index < -0.39 is 0 Å². The van der Waals surface area contributed by atoms with E-state index in [0.29, 0.717) is 17.4 Å².